The number of hydrogen-bond acceptors (Lipinski definition) is 3. The number of rotatable bonds is 8. The van der Waals surface area contributed by atoms with Gasteiger partial charge < -0.3 is 5.32 Å². The van der Waals surface area contributed by atoms with Crippen LogP contribution in [0.5, 0.6) is 0 Å². The smallest absolute Gasteiger partial charge is 0.0928 e. The fourth-order valence-corrected chi connectivity index (χ4v) is 2.68. The molecule has 0 aliphatic carbocycles. The molecule has 1 unspecified atom stereocenters. The molecule has 1 atom stereocenters. The van der Waals surface area contributed by atoms with Crippen molar-refractivity contribution in [1.29, 1.82) is 0 Å². The predicted octanol–water partition coefficient (Wildman–Crippen LogP) is 3.55. The van der Waals surface area contributed by atoms with Crippen LogP contribution in [0.3, 0.4) is 0 Å². The first-order valence-corrected chi connectivity index (χ1v) is 7.28. The number of thiazole rings is 1. The van der Waals surface area contributed by atoms with Crippen LogP contribution in [0.2, 0.25) is 0 Å². The summed E-state index contributed by atoms with van der Waals surface area (Å²) in [7, 11) is 0. The maximum atomic E-state index is 4.47. The van der Waals surface area contributed by atoms with Crippen molar-refractivity contribution in [2.24, 2.45) is 0 Å². The minimum absolute atomic E-state index is 0.711. The molecule has 0 radical (unpaired) electrons. The highest BCUT2D eigenvalue weighted by Gasteiger charge is 2.03. The van der Waals surface area contributed by atoms with Crippen molar-refractivity contribution >= 4 is 11.3 Å². The van der Waals surface area contributed by atoms with Crippen LogP contribution in [0, 0.1) is 6.92 Å². The standard InChI is InChI=1S/C13H24N2S/c1-4-7-12(5-2)14-9-6-8-13-15-11(3)10-16-13/h10,12,14H,4-9H2,1-3H3. The lowest BCUT2D eigenvalue weighted by molar-refractivity contribution is 0.459. The highest BCUT2D eigenvalue weighted by atomic mass is 32.1. The molecule has 3 heteroatoms. The van der Waals surface area contributed by atoms with E-state index in [4.69, 9.17) is 0 Å². The molecule has 1 heterocycles. The highest BCUT2D eigenvalue weighted by molar-refractivity contribution is 7.09. The molecule has 0 bridgehead atoms. The number of nitrogens with zero attached hydrogens (tertiary/aromatic N) is 1. The Morgan fingerprint density at radius 3 is 2.81 bits per heavy atom. The number of hydrogen-bond donors (Lipinski definition) is 1. The molecule has 1 aromatic rings. The Balaban J connectivity index is 2.11. The Morgan fingerprint density at radius 2 is 2.25 bits per heavy atom. The second-order valence-corrected chi connectivity index (χ2v) is 5.28. The van der Waals surface area contributed by atoms with E-state index >= 15 is 0 Å². The lowest BCUT2D eigenvalue weighted by Gasteiger charge is -2.15. The summed E-state index contributed by atoms with van der Waals surface area (Å²) in [6, 6.07) is 0.711. The maximum Gasteiger partial charge on any atom is 0.0928 e. The molecule has 1 aromatic heterocycles. The molecule has 0 fully saturated rings. The Morgan fingerprint density at radius 1 is 1.44 bits per heavy atom. The first-order chi connectivity index (χ1) is 7.76. The van der Waals surface area contributed by atoms with Crippen LogP contribution in [0.1, 0.15) is 50.2 Å². The lowest BCUT2D eigenvalue weighted by atomic mass is 10.1. The third-order valence-corrected chi connectivity index (χ3v) is 3.82. The van der Waals surface area contributed by atoms with E-state index in [0.717, 1.165) is 18.7 Å². The molecule has 16 heavy (non-hydrogen) atoms. The zero-order valence-electron chi connectivity index (χ0n) is 10.8. The Bertz CT molecular complexity index is 283. The first-order valence-electron chi connectivity index (χ1n) is 6.40. The van der Waals surface area contributed by atoms with Crippen molar-refractivity contribution in [3.63, 3.8) is 0 Å². The number of aryl methyl sites for hydroxylation is 2. The molecule has 2 nitrogen and oxygen atoms in total. The van der Waals surface area contributed by atoms with Gasteiger partial charge in [0.2, 0.25) is 0 Å². The molecule has 92 valence electrons. The number of aromatic nitrogens is 1. The van der Waals surface area contributed by atoms with Gasteiger partial charge in [-0.2, -0.15) is 0 Å². The van der Waals surface area contributed by atoms with Crippen LogP contribution >= 0.6 is 11.3 Å². The second-order valence-electron chi connectivity index (χ2n) is 4.33. The summed E-state index contributed by atoms with van der Waals surface area (Å²) in [6.45, 7) is 7.70. The van der Waals surface area contributed by atoms with Gasteiger partial charge in [-0.1, -0.05) is 20.3 Å². The Labute approximate surface area is 103 Å². The fourth-order valence-electron chi connectivity index (χ4n) is 1.86. The van der Waals surface area contributed by atoms with E-state index < -0.39 is 0 Å². The van der Waals surface area contributed by atoms with E-state index in [1.165, 1.54) is 30.7 Å². The molecule has 1 N–H and O–H groups in total. The molecular formula is C13H24N2S. The van der Waals surface area contributed by atoms with E-state index in [2.05, 4.69) is 36.5 Å². The van der Waals surface area contributed by atoms with Crippen molar-refractivity contribution < 1.29 is 0 Å². The average Bonchev–Trinajstić information content (AvgIpc) is 2.69. The van der Waals surface area contributed by atoms with Gasteiger partial charge in [0, 0.05) is 23.5 Å². The topological polar surface area (TPSA) is 24.9 Å². The minimum Gasteiger partial charge on any atom is -0.314 e. The largest absolute Gasteiger partial charge is 0.314 e. The Kier molecular flexibility index (Phi) is 6.65. The molecule has 0 saturated carbocycles. The molecular weight excluding hydrogens is 216 g/mol. The van der Waals surface area contributed by atoms with Crippen molar-refractivity contribution in [3.05, 3.63) is 16.1 Å². The van der Waals surface area contributed by atoms with Crippen LogP contribution in [-0.2, 0) is 6.42 Å². The predicted molar refractivity (Wildman–Crippen MR) is 72.2 cm³/mol. The van der Waals surface area contributed by atoms with Gasteiger partial charge in [0.05, 0.1) is 5.01 Å². The van der Waals surface area contributed by atoms with E-state index in [-0.39, 0.29) is 0 Å². The average molecular weight is 240 g/mol. The SMILES string of the molecule is CCCC(CC)NCCCc1nc(C)cs1. The van der Waals surface area contributed by atoms with Gasteiger partial charge in [-0.15, -0.1) is 11.3 Å². The zero-order chi connectivity index (χ0) is 11.8. The molecule has 1 rings (SSSR count). The summed E-state index contributed by atoms with van der Waals surface area (Å²) in [4.78, 5) is 4.47. The van der Waals surface area contributed by atoms with Gasteiger partial charge in [-0.3, -0.25) is 0 Å². The van der Waals surface area contributed by atoms with Crippen LogP contribution < -0.4 is 5.32 Å². The lowest BCUT2D eigenvalue weighted by Crippen LogP contribution is -2.29. The molecule has 0 spiro atoms. The minimum atomic E-state index is 0.711. The highest BCUT2D eigenvalue weighted by Crippen LogP contribution is 2.10. The van der Waals surface area contributed by atoms with Crippen molar-refractivity contribution in [2.75, 3.05) is 6.54 Å². The molecule has 0 aliphatic heterocycles. The first kappa shape index (κ1) is 13.7. The van der Waals surface area contributed by atoms with Crippen LogP contribution in [0.4, 0.5) is 0 Å². The third kappa shape index (κ3) is 5.08. The Hall–Kier alpha value is -0.410. The second kappa shape index (κ2) is 7.80. The van der Waals surface area contributed by atoms with E-state index in [0.29, 0.717) is 6.04 Å². The van der Waals surface area contributed by atoms with Gasteiger partial charge >= 0.3 is 0 Å². The summed E-state index contributed by atoms with van der Waals surface area (Å²) >= 11 is 1.79. The third-order valence-electron chi connectivity index (χ3n) is 2.80. The maximum absolute atomic E-state index is 4.47. The summed E-state index contributed by atoms with van der Waals surface area (Å²) in [5.74, 6) is 0. The summed E-state index contributed by atoms with van der Waals surface area (Å²) in [6.07, 6.45) is 6.13. The zero-order valence-corrected chi connectivity index (χ0v) is 11.6. The van der Waals surface area contributed by atoms with Crippen molar-refractivity contribution in [3.8, 4) is 0 Å². The van der Waals surface area contributed by atoms with Gasteiger partial charge in [0.1, 0.15) is 0 Å². The van der Waals surface area contributed by atoms with E-state index in [1.54, 1.807) is 11.3 Å². The van der Waals surface area contributed by atoms with Gasteiger partial charge in [-0.05, 0) is 32.7 Å². The van der Waals surface area contributed by atoms with Gasteiger partial charge in [-0.25, -0.2) is 4.98 Å². The normalized spacial score (nSPS) is 12.9. The molecule has 0 aliphatic rings. The monoisotopic (exact) mass is 240 g/mol. The quantitative estimate of drug-likeness (QED) is 0.703. The van der Waals surface area contributed by atoms with Crippen LogP contribution in [0.25, 0.3) is 0 Å². The van der Waals surface area contributed by atoms with Crippen LogP contribution in [0.15, 0.2) is 5.38 Å². The summed E-state index contributed by atoms with van der Waals surface area (Å²) in [5, 5.41) is 7.04. The van der Waals surface area contributed by atoms with E-state index in [1.807, 2.05) is 0 Å². The molecule has 0 amide bonds. The fraction of sp³-hybridized carbons (Fsp3) is 0.769. The van der Waals surface area contributed by atoms with Gasteiger partial charge in [0.15, 0.2) is 0 Å². The molecule has 0 saturated heterocycles. The van der Waals surface area contributed by atoms with E-state index in [9.17, 15) is 0 Å². The van der Waals surface area contributed by atoms with Crippen molar-refractivity contribution in [1.82, 2.24) is 10.3 Å². The van der Waals surface area contributed by atoms with Crippen molar-refractivity contribution in [2.45, 2.75) is 58.9 Å². The summed E-state index contributed by atoms with van der Waals surface area (Å²) < 4.78 is 0. The number of nitrogens with one attached hydrogen (secondary N) is 1. The molecule has 0 aromatic carbocycles. The van der Waals surface area contributed by atoms with Gasteiger partial charge in [0.25, 0.3) is 0 Å². The van der Waals surface area contributed by atoms with Crippen LogP contribution in [-0.4, -0.2) is 17.6 Å². The summed E-state index contributed by atoms with van der Waals surface area (Å²) in [5.41, 5.74) is 1.16.